The Morgan fingerprint density at radius 2 is 2.05 bits per heavy atom. The summed E-state index contributed by atoms with van der Waals surface area (Å²) in [5.74, 6) is 0. The smallest absolute Gasteiger partial charge is 0.363 e. The summed E-state index contributed by atoms with van der Waals surface area (Å²) in [6.45, 7) is 0.182. The third kappa shape index (κ3) is 3.39. The van der Waals surface area contributed by atoms with E-state index >= 15 is 0 Å². The Balaban J connectivity index is 2.06. The van der Waals surface area contributed by atoms with E-state index in [-0.39, 0.29) is 6.54 Å². The molecule has 20 heavy (non-hydrogen) atoms. The number of hydrogen-bond donors (Lipinski definition) is 2. The number of nitrogens with zero attached hydrogens (tertiary/aromatic N) is 1. The SMILES string of the molecule is N#CC(NCc1cccc(C(F)(F)F)c1)c1ccc[nH]1. The summed E-state index contributed by atoms with van der Waals surface area (Å²) in [6, 6.07) is 10.0. The Bertz CT molecular complexity index is 597. The summed E-state index contributed by atoms with van der Waals surface area (Å²) < 4.78 is 37.7. The number of H-pyrrole nitrogens is 1. The van der Waals surface area contributed by atoms with Crippen LogP contribution < -0.4 is 5.32 Å². The van der Waals surface area contributed by atoms with Crippen LogP contribution in [0.1, 0.15) is 22.9 Å². The highest BCUT2D eigenvalue weighted by Gasteiger charge is 2.30. The molecule has 1 unspecified atom stereocenters. The van der Waals surface area contributed by atoms with Gasteiger partial charge in [0.25, 0.3) is 0 Å². The number of aromatic amines is 1. The van der Waals surface area contributed by atoms with Gasteiger partial charge in [-0.2, -0.15) is 18.4 Å². The predicted molar refractivity (Wildman–Crippen MR) is 67.4 cm³/mol. The van der Waals surface area contributed by atoms with Gasteiger partial charge in [-0.05, 0) is 23.8 Å². The third-order valence-corrected chi connectivity index (χ3v) is 2.83. The first-order chi connectivity index (χ1) is 9.50. The predicted octanol–water partition coefficient (Wildman–Crippen LogP) is 3.39. The Hall–Kier alpha value is -2.26. The molecule has 0 aliphatic rings. The van der Waals surface area contributed by atoms with E-state index in [4.69, 9.17) is 5.26 Å². The van der Waals surface area contributed by atoms with Gasteiger partial charge in [0.1, 0.15) is 6.04 Å². The molecule has 6 heteroatoms. The van der Waals surface area contributed by atoms with Crippen molar-refractivity contribution in [3.63, 3.8) is 0 Å². The van der Waals surface area contributed by atoms with Crippen LogP contribution in [0, 0.1) is 11.3 Å². The highest BCUT2D eigenvalue weighted by molar-refractivity contribution is 5.26. The summed E-state index contributed by atoms with van der Waals surface area (Å²) in [4.78, 5) is 2.90. The first kappa shape index (κ1) is 14.2. The lowest BCUT2D eigenvalue weighted by molar-refractivity contribution is -0.137. The lowest BCUT2D eigenvalue weighted by Crippen LogP contribution is -2.20. The van der Waals surface area contributed by atoms with Gasteiger partial charge in [0, 0.05) is 18.4 Å². The van der Waals surface area contributed by atoms with Gasteiger partial charge in [-0.25, -0.2) is 0 Å². The van der Waals surface area contributed by atoms with E-state index in [1.54, 1.807) is 24.4 Å². The summed E-state index contributed by atoms with van der Waals surface area (Å²) in [7, 11) is 0. The number of aromatic nitrogens is 1. The van der Waals surface area contributed by atoms with Crippen molar-refractivity contribution in [2.45, 2.75) is 18.8 Å². The molecule has 0 fully saturated rings. The van der Waals surface area contributed by atoms with E-state index in [9.17, 15) is 13.2 Å². The standard InChI is InChI=1S/C14H12F3N3/c15-14(16,17)11-4-1-3-10(7-11)9-20-13(8-18)12-5-2-6-19-12/h1-7,13,19-20H,9H2. The minimum absolute atomic E-state index is 0.182. The topological polar surface area (TPSA) is 51.6 Å². The van der Waals surface area contributed by atoms with Crippen molar-refractivity contribution in [3.8, 4) is 6.07 Å². The molecule has 2 rings (SSSR count). The molecule has 3 nitrogen and oxygen atoms in total. The second kappa shape index (κ2) is 5.80. The van der Waals surface area contributed by atoms with Crippen molar-refractivity contribution in [2.24, 2.45) is 0 Å². The van der Waals surface area contributed by atoms with Crippen LogP contribution in [0.15, 0.2) is 42.6 Å². The van der Waals surface area contributed by atoms with Crippen molar-refractivity contribution >= 4 is 0 Å². The summed E-state index contributed by atoms with van der Waals surface area (Å²) in [5, 5.41) is 12.0. The number of alkyl halides is 3. The van der Waals surface area contributed by atoms with Gasteiger partial charge in [0.2, 0.25) is 0 Å². The monoisotopic (exact) mass is 279 g/mol. The minimum Gasteiger partial charge on any atom is -0.363 e. The van der Waals surface area contributed by atoms with Crippen LogP contribution in [-0.4, -0.2) is 4.98 Å². The van der Waals surface area contributed by atoms with Crippen LogP contribution in [0.25, 0.3) is 0 Å². The molecule has 2 aromatic rings. The van der Waals surface area contributed by atoms with E-state index in [2.05, 4.69) is 16.4 Å². The molecule has 0 spiro atoms. The van der Waals surface area contributed by atoms with Crippen LogP contribution in [0.5, 0.6) is 0 Å². The normalized spacial score (nSPS) is 12.9. The maximum atomic E-state index is 12.6. The van der Waals surface area contributed by atoms with Crippen LogP contribution in [0.3, 0.4) is 0 Å². The minimum atomic E-state index is -4.36. The van der Waals surface area contributed by atoms with E-state index < -0.39 is 17.8 Å². The number of hydrogen-bond acceptors (Lipinski definition) is 2. The number of nitriles is 1. The van der Waals surface area contributed by atoms with Crippen molar-refractivity contribution < 1.29 is 13.2 Å². The molecular weight excluding hydrogens is 267 g/mol. The number of halogens is 3. The quantitative estimate of drug-likeness (QED) is 0.901. The molecule has 1 aromatic heterocycles. The summed E-state index contributed by atoms with van der Waals surface area (Å²) in [6.07, 6.45) is -2.67. The van der Waals surface area contributed by atoms with Crippen LogP contribution >= 0.6 is 0 Å². The van der Waals surface area contributed by atoms with Crippen molar-refractivity contribution in [3.05, 3.63) is 59.4 Å². The molecule has 0 amide bonds. The molecule has 0 aliphatic heterocycles. The van der Waals surface area contributed by atoms with E-state index in [0.717, 1.165) is 12.1 Å². The second-order valence-corrected chi connectivity index (χ2v) is 4.27. The van der Waals surface area contributed by atoms with Gasteiger partial charge >= 0.3 is 6.18 Å². The van der Waals surface area contributed by atoms with Gasteiger partial charge in [0.05, 0.1) is 11.6 Å². The Morgan fingerprint density at radius 1 is 1.25 bits per heavy atom. The Kier molecular flexibility index (Phi) is 4.11. The number of rotatable bonds is 4. The zero-order valence-electron chi connectivity index (χ0n) is 10.4. The zero-order valence-corrected chi connectivity index (χ0v) is 10.4. The first-order valence-electron chi connectivity index (χ1n) is 5.93. The Labute approximate surface area is 114 Å². The van der Waals surface area contributed by atoms with Gasteiger partial charge < -0.3 is 4.98 Å². The van der Waals surface area contributed by atoms with Gasteiger partial charge in [-0.1, -0.05) is 18.2 Å². The highest BCUT2D eigenvalue weighted by atomic mass is 19.4. The van der Waals surface area contributed by atoms with E-state index in [1.165, 1.54) is 6.07 Å². The zero-order chi connectivity index (χ0) is 14.6. The van der Waals surface area contributed by atoms with Gasteiger partial charge in [0.15, 0.2) is 0 Å². The van der Waals surface area contributed by atoms with Crippen LogP contribution in [0.4, 0.5) is 13.2 Å². The summed E-state index contributed by atoms with van der Waals surface area (Å²) >= 11 is 0. The molecule has 104 valence electrons. The van der Waals surface area contributed by atoms with Crippen LogP contribution in [-0.2, 0) is 12.7 Å². The molecular formula is C14H12F3N3. The van der Waals surface area contributed by atoms with E-state index in [1.807, 2.05) is 0 Å². The maximum absolute atomic E-state index is 12.6. The molecule has 0 saturated heterocycles. The molecule has 0 aliphatic carbocycles. The van der Waals surface area contributed by atoms with E-state index in [0.29, 0.717) is 11.3 Å². The average molecular weight is 279 g/mol. The average Bonchev–Trinajstić information content (AvgIpc) is 2.93. The van der Waals surface area contributed by atoms with Crippen molar-refractivity contribution in [2.75, 3.05) is 0 Å². The fourth-order valence-electron chi connectivity index (χ4n) is 1.83. The molecule has 1 aromatic carbocycles. The summed E-state index contributed by atoms with van der Waals surface area (Å²) in [5.41, 5.74) is 0.469. The fourth-order valence-corrected chi connectivity index (χ4v) is 1.83. The van der Waals surface area contributed by atoms with Crippen molar-refractivity contribution in [1.82, 2.24) is 10.3 Å². The lowest BCUT2D eigenvalue weighted by atomic mass is 10.1. The highest BCUT2D eigenvalue weighted by Crippen LogP contribution is 2.29. The largest absolute Gasteiger partial charge is 0.416 e. The first-order valence-corrected chi connectivity index (χ1v) is 5.93. The second-order valence-electron chi connectivity index (χ2n) is 4.27. The lowest BCUT2D eigenvalue weighted by Gasteiger charge is -2.12. The molecule has 1 atom stereocenters. The number of benzene rings is 1. The molecule has 1 heterocycles. The Morgan fingerprint density at radius 3 is 2.65 bits per heavy atom. The molecule has 2 N–H and O–H groups in total. The third-order valence-electron chi connectivity index (χ3n) is 2.83. The fraction of sp³-hybridized carbons (Fsp3) is 0.214. The maximum Gasteiger partial charge on any atom is 0.416 e. The van der Waals surface area contributed by atoms with Crippen molar-refractivity contribution in [1.29, 1.82) is 5.26 Å². The van der Waals surface area contributed by atoms with Crippen LogP contribution in [0.2, 0.25) is 0 Å². The van der Waals surface area contributed by atoms with Gasteiger partial charge in [-0.15, -0.1) is 0 Å². The number of nitrogens with one attached hydrogen (secondary N) is 2. The van der Waals surface area contributed by atoms with Gasteiger partial charge in [-0.3, -0.25) is 5.32 Å². The molecule has 0 saturated carbocycles. The molecule has 0 radical (unpaired) electrons. The molecule has 0 bridgehead atoms.